The SMILES string of the molecule is CNC(=O)N[C@@H]1O[C@H](CO)[C@@H](O)[C@H](O)[C@@H]1O. The lowest BCUT2D eigenvalue weighted by Gasteiger charge is -2.39. The average Bonchev–Trinajstić information content (AvgIpc) is 2.29. The Morgan fingerprint density at radius 2 is 1.88 bits per heavy atom. The minimum atomic E-state index is -1.49. The second-order valence-electron chi connectivity index (χ2n) is 3.47. The molecular weight excluding hydrogens is 220 g/mol. The zero-order valence-electron chi connectivity index (χ0n) is 8.70. The molecule has 1 aliphatic rings. The van der Waals surface area contributed by atoms with Crippen LogP contribution in [-0.4, -0.2) is 70.8 Å². The van der Waals surface area contributed by atoms with Crippen LogP contribution in [0.2, 0.25) is 0 Å². The van der Waals surface area contributed by atoms with E-state index >= 15 is 0 Å². The van der Waals surface area contributed by atoms with E-state index in [1.165, 1.54) is 7.05 Å². The smallest absolute Gasteiger partial charge is 0.316 e. The van der Waals surface area contributed by atoms with Gasteiger partial charge in [-0.15, -0.1) is 0 Å². The predicted molar refractivity (Wildman–Crippen MR) is 51.4 cm³/mol. The fraction of sp³-hybridized carbons (Fsp3) is 0.875. The number of hydrogen-bond acceptors (Lipinski definition) is 6. The first-order chi connectivity index (χ1) is 7.51. The number of rotatable bonds is 2. The number of carbonyl (C=O) groups excluding carboxylic acids is 1. The summed E-state index contributed by atoms with van der Waals surface area (Å²) in [6, 6.07) is -0.607. The van der Waals surface area contributed by atoms with E-state index in [2.05, 4.69) is 10.6 Å². The molecule has 0 aromatic rings. The fourth-order valence-corrected chi connectivity index (χ4v) is 1.42. The van der Waals surface area contributed by atoms with Crippen molar-refractivity contribution >= 4 is 6.03 Å². The van der Waals surface area contributed by atoms with Crippen molar-refractivity contribution in [3.05, 3.63) is 0 Å². The van der Waals surface area contributed by atoms with E-state index in [0.29, 0.717) is 0 Å². The first-order valence-corrected chi connectivity index (χ1v) is 4.80. The van der Waals surface area contributed by atoms with Crippen molar-refractivity contribution in [1.82, 2.24) is 10.6 Å². The first-order valence-electron chi connectivity index (χ1n) is 4.80. The quantitative estimate of drug-likeness (QED) is 0.298. The predicted octanol–water partition coefficient (Wildman–Crippen LogP) is -3.28. The van der Waals surface area contributed by atoms with Gasteiger partial charge in [0.2, 0.25) is 0 Å². The number of carbonyl (C=O) groups is 1. The maximum absolute atomic E-state index is 11.0. The van der Waals surface area contributed by atoms with Crippen LogP contribution in [0.4, 0.5) is 4.79 Å². The second-order valence-corrected chi connectivity index (χ2v) is 3.47. The minimum Gasteiger partial charge on any atom is -0.394 e. The molecule has 0 aromatic carbocycles. The molecule has 1 heterocycles. The van der Waals surface area contributed by atoms with Gasteiger partial charge in [-0.1, -0.05) is 0 Å². The van der Waals surface area contributed by atoms with Crippen molar-refractivity contribution in [2.75, 3.05) is 13.7 Å². The van der Waals surface area contributed by atoms with Gasteiger partial charge in [0.25, 0.3) is 0 Å². The van der Waals surface area contributed by atoms with Gasteiger partial charge in [-0.25, -0.2) is 4.79 Å². The van der Waals surface area contributed by atoms with E-state index in [1.54, 1.807) is 0 Å². The number of aliphatic hydroxyl groups excluding tert-OH is 4. The van der Waals surface area contributed by atoms with E-state index in [-0.39, 0.29) is 0 Å². The molecule has 0 saturated carbocycles. The molecule has 8 heteroatoms. The summed E-state index contributed by atoms with van der Waals surface area (Å²) in [6.45, 7) is -0.531. The highest BCUT2D eigenvalue weighted by atomic mass is 16.6. The summed E-state index contributed by atoms with van der Waals surface area (Å²) in [6.07, 6.45) is -6.60. The average molecular weight is 236 g/mol. The van der Waals surface area contributed by atoms with E-state index in [0.717, 1.165) is 0 Å². The Kier molecular flexibility index (Phi) is 4.44. The number of hydrogen-bond donors (Lipinski definition) is 6. The molecule has 0 aromatic heterocycles. The normalized spacial score (nSPS) is 39.2. The molecule has 2 amide bonds. The van der Waals surface area contributed by atoms with Crippen LogP contribution < -0.4 is 10.6 Å². The van der Waals surface area contributed by atoms with Gasteiger partial charge in [-0.3, -0.25) is 0 Å². The Morgan fingerprint density at radius 3 is 2.38 bits per heavy atom. The first kappa shape index (κ1) is 13.1. The Balaban J connectivity index is 2.67. The van der Waals surface area contributed by atoms with Gasteiger partial charge in [-0.2, -0.15) is 0 Å². The van der Waals surface area contributed by atoms with E-state index in [1.807, 2.05) is 0 Å². The third-order valence-electron chi connectivity index (χ3n) is 2.39. The van der Waals surface area contributed by atoms with Gasteiger partial charge in [0.15, 0.2) is 6.23 Å². The van der Waals surface area contributed by atoms with Crippen LogP contribution in [-0.2, 0) is 4.74 Å². The monoisotopic (exact) mass is 236 g/mol. The summed E-state index contributed by atoms with van der Waals surface area (Å²) in [7, 11) is 1.37. The van der Waals surface area contributed by atoms with Gasteiger partial charge in [-0.05, 0) is 0 Å². The third-order valence-corrected chi connectivity index (χ3v) is 2.39. The van der Waals surface area contributed by atoms with Crippen molar-refractivity contribution in [3.63, 3.8) is 0 Å². The highest BCUT2D eigenvalue weighted by Gasteiger charge is 2.43. The molecule has 94 valence electrons. The van der Waals surface area contributed by atoms with Gasteiger partial charge < -0.3 is 35.8 Å². The molecule has 16 heavy (non-hydrogen) atoms. The maximum atomic E-state index is 11.0. The van der Waals surface area contributed by atoms with Gasteiger partial charge in [0, 0.05) is 7.05 Å². The second kappa shape index (κ2) is 5.41. The van der Waals surface area contributed by atoms with Gasteiger partial charge in [0.1, 0.15) is 24.4 Å². The van der Waals surface area contributed by atoms with E-state index < -0.39 is 43.3 Å². The number of nitrogens with one attached hydrogen (secondary N) is 2. The molecular formula is C8H16N2O6. The molecule has 0 radical (unpaired) electrons. The maximum Gasteiger partial charge on any atom is 0.316 e. The molecule has 8 nitrogen and oxygen atoms in total. The molecule has 0 spiro atoms. The Hall–Kier alpha value is -0.930. The zero-order chi connectivity index (χ0) is 12.3. The van der Waals surface area contributed by atoms with Crippen molar-refractivity contribution in [2.24, 2.45) is 0 Å². The summed E-state index contributed by atoms with van der Waals surface area (Å²) in [5.74, 6) is 0. The fourth-order valence-electron chi connectivity index (χ4n) is 1.42. The van der Waals surface area contributed by atoms with Crippen LogP contribution in [0.5, 0.6) is 0 Å². The lowest BCUT2D eigenvalue weighted by atomic mass is 9.98. The third kappa shape index (κ3) is 2.60. The van der Waals surface area contributed by atoms with Gasteiger partial charge in [0.05, 0.1) is 6.61 Å². The van der Waals surface area contributed by atoms with Crippen molar-refractivity contribution in [1.29, 1.82) is 0 Å². The van der Waals surface area contributed by atoms with Crippen LogP contribution in [0.25, 0.3) is 0 Å². The molecule has 1 rings (SSSR count). The van der Waals surface area contributed by atoms with Crippen LogP contribution in [0.1, 0.15) is 0 Å². The standard InChI is InChI=1S/C8H16N2O6/c1-9-8(15)10-7-6(14)5(13)4(12)3(2-11)16-7/h3-7,11-14H,2H2,1H3,(H2,9,10,15)/t3-,4-,5+,6+,7-/m1/s1. The number of ether oxygens (including phenoxy) is 1. The molecule has 0 unspecified atom stereocenters. The molecule has 1 fully saturated rings. The van der Waals surface area contributed by atoms with Crippen molar-refractivity contribution in [2.45, 2.75) is 30.6 Å². The highest BCUT2D eigenvalue weighted by Crippen LogP contribution is 2.19. The Labute approximate surface area is 91.8 Å². The van der Waals surface area contributed by atoms with E-state index in [4.69, 9.17) is 9.84 Å². The zero-order valence-corrected chi connectivity index (χ0v) is 8.70. The lowest BCUT2D eigenvalue weighted by molar-refractivity contribution is -0.233. The minimum absolute atomic E-state index is 0.531. The van der Waals surface area contributed by atoms with Crippen molar-refractivity contribution in [3.8, 4) is 0 Å². The Morgan fingerprint density at radius 1 is 1.25 bits per heavy atom. The molecule has 1 saturated heterocycles. The highest BCUT2D eigenvalue weighted by molar-refractivity contribution is 5.73. The van der Waals surface area contributed by atoms with Crippen molar-refractivity contribution < 1.29 is 30.0 Å². The number of amides is 2. The molecule has 0 bridgehead atoms. The molecule has 6 N–H and O–H groups in total. The topological polar surface area (TPSA) is 131 Å². The van der Waals surface area contributed by atoms with Crippen LogP contribution >= 0.6 is 0 Å². The van der Waals surface area contributed by atoms with Crippen LogP contribution in [0.15, 0.2) is 0 Å². The molecule has 1 aliphatic heterocycles. The summed E-state index contributed by atoms with van der Waals surface area (Å²) in [4.78, 5) is 11.0. The summed E-state index contributed by atoms with van der Waals surface area (Å²) in [5, 5.41) is 41.7. The summed E-state index contributed by atoms with van der Waals surface area (Å²) < 4.78 is 5.02. The molecule has 0 aliphatic carbocycles. The summed E-state index contributed by atoms with van der Waals surface area (Å²) >= 11 is 0. The number of urea groups is 1. The Bertz CT molecular complexity index is 249. The summed E-state index contributed by atoms with van der Waals surface area (Å²) in [5.41, 5.74) is 0. The van der Waals surface area contributed by atoms with E-state index in [9.17, 15) is 20.1 Å². The molecule has 5 atom stereocenters. The lowest BCUT2D eigenvalue weighted by Crippen LogP contribution is -2.63. The largest absolute Gasteiger partial charge is 0.394 e. The number of aliphatic hydroxyl groups is 4. The van der Waals surface area contributed by atoms with Crippen LogP contribution in [0, 0.1) is 0 Å². The van der Waals surface area contributed by atoms with Crippen LogP contribution in [0.3, 0.4) is 0 Å². The van der Waals surface area contributed by atoms with Gasteiger partial charge >= 0.3 is 6.03 Å².